The summed E-state index contributed by atoms with van der Waals surface area (Å²) in [6, 6.07) is 2.44. The zero-order valence-corrected chi connectivity index (χ0v) is 20.8. The van der Waals surface area contributed by atoms with Crippen molar-refractivity contribution >= 4 is 27.4 Å². The third kappa shape index (κ3) is 4.03. The van der Waals surface area contributed by atoms with Crippen LogP contribution in [0.2, 0.25) is 0 Å². The Morgan fingerprint density at radius 2 is 1.78 bits per heavy atom. The minimum Gasteiger partial charge on any atom is -0.356 e. The van der Waals surface area contributed by atoms with E-state index in [-0.39, 0.29) is 0 Å². The molecule has 1 saturated heterocycles. The fourth-order valence-electron chi connectivity index (χ4n) is 4.12. The molecule has 4 aromatic rings. The largest absolute Gasteiger partial charge is 0.356 e. The first-order valence-electron chi connectivity index (χ1n) is 11.6. The molecule has 0 unspecified atom stereocenters. The van der Waals surface area contributed by atoms with E-state index >= 15 is 0 Å². The molecule has 1 fully saturated rings. The molecular formula is C24H33N7S. The molecule has 0 N–H and O–H groups in total. The van der Waals surface area contributed by atoms with Gasteiger partial charge in [-0.3, -0.25) is 4.68 Å². The Hall–Kier alpha value is -2.74. The monoisotopic (exact) mass is 451 g/mol. The summed E-state index contributed by atoms with van der Waals surface area (Å²) in [6.07, 6.45) is 9.49. The molecule has 0 atom stereocenters. The third-order valence-corrected chi connectivity index (χ3v) is 7.03. The molecule has 5 heterocycles. The second-order valence-electron chi connectivity index (χ2n) is 8.29. The molecule has 1 aliphatic heterocycles. The van der Waals surface area contributed by atoms with E-state index in [9.17, 15) is 0 Å². The van der Waals surface area contributed by atoms with Gasteiger partial charge in [0.15, 0.2) is 11.6 Å². The van der Waals surface area contributed by atoms with Gasteiger partial charge < -0.3 is 9.47 Å². The van der Waals surface area contributed by atoms with Gasteiger partial charge >= 0.3 is 0 Å². The molecule has 1 aliphatic rings. The van der Waals surface area contributed by atoms with Crippen molar-refractivity contribution in [3.8, 4) is 22.2 Å². The number of imidazole rings is 1. The van der Waals surface area contributed by atoms with Crippen molar-refractivity contribution in [2.75, 3.05) is 18.0 Å². The van der Waals surface area contributed by atoms with Gasteiger partial charge in [-0.05, 0) is 51.7 Å². The zero-order chi connectivity index (χ0) is 22.8. The van der Waals surface area contributed by atoms with E-state index in [2.05, 4.69) is 42.9 Å². The number of thiophene rings is 1. The minimum absolute atomic E-state index is 0.340. The van der Waals surface area contributed by atoms with E-state index in [1.54, 1.807) is 17.5 Å². The summed E-state index contributed by atoms with van der Waals surface area (Å²) in [7, 11) is 1.99. The Kier molecular flexibility index (Phi) is 6.60. The zero-order valence-electron chi connectivity index (χ0n) is 20.0. The number of hydrogen-bond donors (Lipinski definition) is 0. The van der Waals surface area contributed by atoms with Crippen molar-refractivity contribution in [3.05, 3.63) is 30.2 Å². The Morgan fingerprint density at radius 1 is 1.03 bits per heavy atom. The van der Waals surface area contributed by atoms with Gasteiger partial charge in [0.2, 0.25) is 0 Å². The second-order valence-corrected chi connectivity index (χ2v) is 9.29. The van der Waals surface area contributed by atoms with Crippen LogP contribution in [0, 0.1) is 6.92 Å². The number of rotatable bonds is 4. The molecule has 32 heavy (non-hydrogen) atoms. The standard InChI is InChI=1S/C22H27N7S.C2H6/c1-14(2)29-12-8-16(26-29)18-15(3)17-20(28-10-6-5-7-11-28)24-19(25-22(17)30-18)21-23-9-13-27(21)4;1-2/h8-9,12-14H,5-7,10-11H2,1-4H3;1-2H3. The van der Waals surface area contributed by atoms with E-state index in [0.29, 0.717) is 11.9 Å². The van der Waals surface area contributed by atoms with Crippen molar-refractivity contribution < 1.29 is 0 Å². The SMILES string of the molecule is CC.Cc1c(-c2ccn(C(C)C)n2)sc2nc(-c3nccn3C)nc(N3CCCCC3)c12. The van der Waals surface area contributed by atoms with Crippen molar-refractivity contribution in [1.82, 2.24) is 29.3 Å². The Bertz CT molecular complexity index is 1190. The summed E-state index contributed by atoms with van der Waals surface area (Å²) in [5, 5.41) is 5.97. The number of aryl methyl sites for hydroxylation is 2. The average molecular weight is 452 g/mol. The summed E-state index contributed by atoms with van der Waals surface area (Å²) >= 11 is 1.71. The molecule has 170 valence electrons. The van der Waals surface area contributed by atoms with Gasteiger partial charge in [0.25, 0.3) is 0 Å². The molecule has 0 spiro atoms. The topological polar surface area (TPSA) is 64.7 Å². The molecule has 8 heteroatoms. The van der Waals surface area contributed by atoms with Gasteiger partial charge in [-0.1, -0.05) is 13.8 Å². The Balaban J connectivity index is 0.00000119. The quantitative estimate of drug-likeness (QED) is 0.389. The Labute approximate surface area is 194 Å². The highest BCUT2D eigenvalue weighted by atomic mass is 32.1. The molecule has 0 aliphatic carbocycles. The number of nitrogens with zero attached hydrogens (tertiary/aromatic N) is 7. The lowest BCUT2D eigenvalue weighted by Gasteiger charge is -2.28. The predicted octanol–water partition coefficient (Wildman–Crippen LogP) is 5.86. The number of fused-ring (bicyclic) bond motifs is 1. The van der Waals surface area contributed by atoms with Crippen LogP contribution < -0.4 is 4.90 Å². The van der Waals surface area contributed by atoms with Crippen molar-refractivity contribution in [3.63, 3.8) is 0 Å². The molecule has 0 saturated carbocycles. The highest BCUT2D eigenvalue weighted by Crippen LogP contribution is 2.41. The lowest BCUT2D eigenvalue weighted by molar-refractivity contribution is 0.534. The summed E-state index contributed by atoms with van der Waals surface area (Å²) in [5.74, 6) is 2.53. The molecule has 5 rings (SSSR count). The van der Waals surface area contributed by atoms with Crippen LogP contribution >= 0.6 is 11.3 Å². The maximum atomic E-state index is 5.04. The molecule has 0 amide bonds. The molecule has 4 aromatic heterocycles. The lowest BCUT2D eigenvalue weighted by atomic mass is 10.1. The summed E-state index contributed by atoms with van der Waals surface area (Å²) in [4.78, 5) is 19.1. The number of piperidine rings is 1. The van der Waals surface area contributed by atoms with Gasteiger partial charge in [-0.2, -0.15) is 5.10 Å². The van der Waals surface area contributed by atoms with Gasteiger partial charge in [-0.25, -0.2) is 15.0 Å². The van der Waals surface area contributed by atoms with E-state index in [4.69, 9.17) is 15.1 Å². The second kappa shape index (κ2) is 9.40. The van der Waals surface area contributed by atoms with Crippen LogP contribution in [0.3, 0.4) is 0 Å². The van der Waals surface area contributed by atoms with Gasteiger partial charge in [-0.15, -0.1) is 11.3 Å². The van der Waals surface area contributed by atoms with Crippen molar-refractivity contribution in [2.45, 2.75) is 59.9 Å². The average Bonchev–Trinajstić information content (AvgIpc) is 3.54. The molecule has 0 radical (unpaired) electrons. The molecular weight excluding hydrogens is 418 g/mol. The summed E-state index contributed by atoms with van der Waals surface area (Å²) in [6.45, 7) is 12.6. The smallest absolute Gasteiger partial charge is 0.199 e. The van der Waals surface area contributed by atoms with Gasteiger partial charge in [0.1, 0.15) is 16.3 Å². The summed E-state index contributed by atoms with van der Waals surface area (Å²) < 4.78 is 3.99. The van der Waals surface area contributed by atoms with Crippen LogP contribution in [0.15, 0.2) is 24.7 Å². The maximum Gasteiger partial charge on any atom is 0.199 e. The summed E-state index contributed by atoms with van der Waals surface area (Å²) in [5.41, 5.74) is 2.23. The fourth-order valence-corrected chi connectivity index (χ4v) is 5.26. The fraction of sp³-hybridized carbons (Fsp3) is 0.500. The van der Waals surface area contributed by atoms with Crippen LogP contribution in [0.4, 0.5) is 5.82 Å². The predicted molar refractivity (Wildman–Crippen MR) is 133 cm³/mol. The van der Waals surface area contributed by atoms with E-state index < -0.39 is 0 Å². The number of anilines is 1. The first kappa shape index (κ1) is 22.5. The van der Waals surface area contributed by atoms with Crippen LogP contribution in [0.25, 0.3) is 32.4 Å². The minimum atomic E-state index is 0.340. The molecule has 0 aromatic carbocycles. The number of aromatic nitrogens is 6. The van der Waals surface area contributed by atoms with Crippen LogP contribution in [0.1, 0.15) is 58.6 Å². The van der Waals surface area contributed by atoms with Crippen LogP contribution in [-0.4, -0.2) is 42.4 Å². The van der Waals surface area contributed by atoms with Crippen molar-refractivity contribution in [2.24, 2.45) is 7.05 Å². The number of hydrogen-bond acceptors (Lipinski definition) is 6. The highest BCUT2D eigenvalue weighted by Gasteiger charge is 2.24. The van der Waals surface area contributed by atoms with Crippen molar-refractivity contribution in [1.29, 1.82) is 0 Å². The third-order valence-electron chi connectivity index (χ3n) is 5.82. The van der Waals surface area contributed by atoms with Gasteiger partial charge in [0.05, 0.1) is 10.3 Å². The van der Waals surface area contributed by atoms with Crippen LogP contribution in [0.5, 0.6) is 0 Å². The Morgan fingerprint density at radius 3 is 2.41 bits per heavy atom. The van der Waals surface area contributed by atoms with Gasteiger partial charge in [0, 0.05) is 44.8 Å². The van der Waals surface area contributed by atoms with Crippen LogP contribution in [-0.2, 0) is 7.05 Å². The molecule has 0 bridgehead atoms. The van der Waals surface area contributed by atoms with E-state index in [1.165, 1.54) is 29.7 Å². The normalized spacial score (nSPS) is 14.2. The molecule has 7 nitrogen and oxygen atoms in total. The lowest BCUT2D eigenvalue weighted by Crippen LogP contribution is -2.30. The first-order chi connectivity index (χ1) is 15.5. The highest BCUT2D eigenvalue weighted by molar-refractivity contribution is 7.22. The maximum absolute atomic E-state index is 5.04. The van der Waals surface area contributed by atoms with E-state index in [1.807, 2.05) is 36.3 Å². The van der Waals surface area contributed by atoms with E-state index in [0.717, 1.165) is 40.6 Å². The first-order valence-corrected chi connectivity index (χ1v) is 12.4.